The third kappa shape index (κ3) is 2.60. The van der Waals surface area contributed by atoms with Gasteiger partial charge in [0.2, 0.25) is 0 Å². The number of hydrogen-bond acceptors (Lipinski definition) is 2. The first-order valence-corrected chi connectivity index (χ1v) is 8.33. The number of hydrogen-bond donors (Lipinski definition) is 0. The standard InChI is InChI=1S/C10H21BrN2O2S/c1-4-12(5-2)16(14,15)13-7-6-9(3)10(13)8-11/h9-10H,4-8H2,1-3H3. The molecule has 2 unspecified atom stereocenters. The highest BCUT2D eigenvalue weighted by Gasteiger charge is 2.40. The first-order valence-electron chi connectivity index (χ1n) is 5.81. The van der Waals surface area contributed by atoms with Gasteiger partial charge in [-0.3, -0.25) is 0 Å². The molecule has 0 aromatic rings. The Morgan fingerprint density at radius 2 is 1.94 bits per heavy atom. The summed E-state index contributed by atoms with van der Waals surface area (Å²) in [4.78, 5) is 0. The molecule has 0 spiro atoms. The lowest BCUT2D eigenvalue weighted by Crippen LogP contribution is -2.47. The Morgan fingerprint density at radius 1 is 1.38 bits per heavy atom. The van der Waals surface area contributed by atoms with Crippen LogP contribution in [0.15, 0.2) is 0 Å². The molecule has 6 heteroatoms. The average molecular weight is 313 g/mol. The number of alkyl halides is 1. The van der Waals surface area contributed by atoms with Gasteiger partial charge in [-0.1, -0.05) is 36.7 Å². The van der Waals surface area contributed by atoms with Crippen LogP contribution in [-0.2, 0) is 10.2 Å². The molecule has 0 radical (unpaired) electrons. The lowest BCUT2D eigenvalue weighted by atomic mass is 10.1. The molecule has 1 heterocycles. The molecule has 16 heavy (non-hydrogen) atoms. The summed E-state index contributed by atoms with van der Waals surface area (Å²) in [5, 5.41) is 0.717. The fourth-order valence-corrected chi connectivity index (χ4v) is 5.28. The van der Waals surface area contributed by atoms with Crippen molar-refractivity contribution in [2.24, 2.45) is 5.92 Å². The fraction of sp³-hybridized carbons (Fsp3) is 1.00. The SMILES string of the molecule is CCN(CC)S(=O)(=O)N1CCC(C)C1CBr. The first kappa shape index (κ1) is 14.4. The monoisotopic (exact) mass is 312 g/mol. The molecule has 1 rings (SSSR count). The van der Waals surface area contributed by atoms with Crippen molar-refractivity contribution in [3.63, 3.8) is 0 Å². The van der Waals surface area contributed by atoms with Crippen molar-refractivity contribution < 1.29 is 8.42 Å². The maximum absolute atomic E-state index is 12.3. The van der Waals surface area contributed by atoms with Crippen molar-refractivity contribution in [2.75, 3.05) is 25.0 Å². The quantitative estimate of drug-likeness (QED) is 0.725. The molecule has 0 bridgehead atoms. The predicted octanol–water partition coefficient (Wildman–Crippen LogP) is 1.68. The average Bonchev–Trinajstić information content (AvgIpc) is 2.61. The van der Waals surface area contributed by atoms with Crippen molar-refractivity contribution >= 4 is 26.1 Å². The van der Waals surface area contributed by atoms with Crippen molar-refractivity contribution in [1.29, 1.82) is 0 Å². The second-order valence-electron chi connectivity index (χ2n) is 4.19. The Morgan fingerprint density at radius 3 is 2.38 bits per heavy atom. The number of rotatable bonds is 5. The molecule has 0 N–H and O–H groups in total. The lowest BCUT2D eigenvalue weighted by molar-refractivity contribution is 0.331. The van der Waals surface area contributed by atoms with Crippen LogP contribution >= 0.6 is 15.9 Å². The molecule has 0 saturated carbocycles. The van der Waals surface area contributed by atoms with Crippen LogP contribution < -0.4 is 0 Å². The molecule has 1 aliphatic rings. The zero-order chi connectivity index (χ0) is 12.3. The summed E-state index contributed by atoms with van der Waals surface area (Å²) < 4.78 is 27.9. The summed E-state index contributed by atoms with van der Waals surface area (Å²) in [6, 6.07) is 0.102. The van der Waals surface area contributed by atoms with E-state index in [1.54, 1.807) is 4.31 Å². The Kier molecular flexibility index (Phi) is 5.22. The summed E-state index contributed by atoms with van der Waals surface area (Å²) in [5.41, 5.74) is 0. The van der Waals surface area contributed by atoms with Gasteiger partial charge >= 0.3 is 0 Å². The van der Waals surface area contributed by atoms with Crippen LogP contribution in [-0.4, -0.2) is 48.0 Å². The molecule has 0 amide bonds. The summed E-state index contributed by atoms with van der Waals surface area (Å²) in [6.45, 7) is 7.60. The summed E-state index contributed by atoms with van der Waals surface area (Å²) in [7, 11) is -3.26. The minimum atomic E-state index is -3.26. The normalized spacial score (nSPS) is 27.8. The summed E-state index contributed by atoms with van der Waals surface area (Å²) >= 11 is 3.42. The van der Waals surface area contributed by atoms with E-state index in [1.807, 2.05) is 13.8 Å². The minimum Gasteiger partial charge on any atom is -0.195 e. The number of halogens is 1. The van der Waals surface area contributed by atoms with Gasteiger partial charge in [0.15, 0.2) is 0 Å². The molecule has 4 nitrogen and oxygen atoms in total. The van der Waals surface area contributed by atoms with Crippen LogP contribution in [0.3, 0.4) is 0 Å². The van der Waals surface area contributed by atoms with E-state index in [0.29, 0.717) is 30.9 Å². The molecule has 0 aromatic heterocycles. The predicted molar refractivity (Wildman–Crippen MR) is 69.9 cm³/mol. The molecule has 96 valence electrons. The van der Waals surface area contributed by atoms with E-state index in [-0.39, 0.29) is 6.04 Å². The van der Waals surface area contributed by atoms with E-state index < -0.39 is 10.2 Å². The van der Waals surface area contributed by atoms with Crippen molar-refractivity contribution in [1.82, 2.24) is 8.61 Å². The van der Waals surface area contributed by atoms with Gasteiger partial charge in [-0.25, -0.2) is 0 Å². The summed E-state index contributed by atoms with van der Waals surface area (Å²) in [6.07, 6.45) is 0.955. The first-order chi connectivity index (χ1) is 7.48. The van der Waals surface area contributed by atoms with Gasteiger partial charge in [0.25, 0.3) is 10.2 Å². The van der Waals surface area contributed by atoms with E-state index in [1.165, 1.54) is 4.31 Å². The van der Waals surface area contributed by atoms with Crippen LogP contribution in [0.25, 0.3) is 0 Å². The van der Waals surface area contributed by atoms with Gasteiger partial charge in [0.1, 0.15) is 0 Å². The zero-order valence-electron chi connectivity index (χ0n) is 10.2. The second kappa shape index (κ2) is 5.80. The largest absolute Gasteiger partial charge is 0.282 e. The summed E-state index contributed by atoms with van der Waals surface area (Å²) in [5.74, 6) is 0.435. The second-order valence-corrected chi connectivity index (χ2v) is 6.72. The van der Waals surface area contributed by atoms with Crippen LogP contribution in [0.4, 0.5) is 0 Å². The Hall–Kier alpha value is 0.350. The highest BCUT2D eigenvalue weighted by molar-refractivity contribution is 9.09. The van der Waals surface area contributed by atoms with E-state index >= 15 is 0 Å². The maximum Gasteiger partial charge on any atom is 0.282 e. The van der Waals surface area contributed by atoms with Crippen LogP contribution in [0.5, 0.6) is 0 Å². The number of nitrogens with zero attached hydrogens (tertiary/aromatic N) is 2. The van der Waals surface area contributed by atoms with E-state index in [2.05, 4.69) is 22.9 Å². The van der Waals surface area contributed by atoms with Gasteiger partial charge < -0.3 is 0 Å². The maximum atomic E-state index is 12.3. The van der Waals surface area contributed by atoms with E-state index in [9.17, 15) is 8.42 Å². The topological polar surface area (TPSA) is 40.6 Å². The third-order valence-electron chi connectivity index (χ3n) is 3.32. The van der Waals surface area contributed by atoms with E-state index in [0.717, 1.165) is 6.42 Å². The molecule has 2 atom stereocenters. The molecule has 1 fully saturated rings. The van der Waals surface area contributed by atoms with Gasteiger partial charge in [-0.2, -0.15) is 17.0 Å². The minimum absolute atomic E-state index is 0.102. The molecule has 1 aliphatic heterocycles. The fourth-order valence-electron chi connectivity index (χ4n) is 2.19. The van der Waals surface area contributed by atoms with E-state index in [4.69, 9.17) is 0 Å². The van der Waals surface area contributed by atoms with Crippen molar-refractivity contribution in [3.8, 4) is 0 Å². The molecule has 1 saturated heterocycles. The molecular formula is C10H21BrN2O2S. The third-order valence-corrected chi connectivity index (χ3v) is 6.20. The van der Waals surface area contributed by atoms with Crippen LogP contribution in [0, 0.1) is 5.92 Å². The van der Waals surface area contributed by atoms with Gasteiger partial charge in [0, 0.05) is 31.0 Å². The van der Waals surface area contributed by atoms with Crippen LogP contribution in [0.1, 0.15) is 27.2 Å². The van der Waals surface area contributed by atoms with Gasteiger partial charge in [0.05, 0.1) is 0 Å². The van der Waals surface area contributed by atoms with Gasteiger partial charge in [-0.15, -0.1) is 0 Å². The van der Waals surface area contributed by atoms with Crippen molar-refractivity contribution in [2.45, 2.75) is 33.2 Å². The lowest BCUT2D eigenvalue weighted by Gasteiger charge is -2.30. The Balaban J connectivity index is 2.91. The highest BCUT2D eigenvalue weighted by Crippen LogP contribution is 2.29. The van der Waals surface area contributed by atoms with Crippen molar-refractivity contribution in [3.05, 3.63) is 0 Å². The highest BCUT2D eigenvalue weighted by atomic mass is 79.9. The molecular weight excluding hydrogens is 292 g/mol. The zero-order valence-corrected chi connectivity index (χ0v) is 12.6. The Labute approximate surface area is 107 Å². The molecule has 0 aromatic carbocycles. The molecule has 0 aliphatic carbocycles. The Bertz CT molecular complexity index is 317. The smallest absolute Gasteiger partial charge is 0.195 e. The van der Waals surface area contributed by atoms with Crippen LogP contribution in [0.2, 0.25) is 0 Å². The van der Waals surface area contributed by atoms with Gasteiger partial charge in [-0.05, 0) is 12.3 Å².